The summed E-state index contributed by atoms with van der Waals surface area (Å²) in [7, 11) is 0. The highest BCUT2D eigenvalue weighted by atomic mass is 19.1. The van der Waals surface area contributed by atoms with E-state index in [9.17, 15) is 9.18 Å². The van der Waals surface area contributed by atoms with Crippen molar-refractivity contribution in [2.75, 3.05) is 6.54 Å². The lowest BCUT2D eigenvalue weighted by molar-refractivity contribution is 0.0948. The molecule has 0 unspecified atom stereocenters. The minimum atomic E-state index is -0.311. The molecule has 0 aliphatic rings. The van der Waals surface area contributed by atoms with Gasteiger partial charge in [0.25, 0.3) is 5.91 Å². The molecule has 1 aromatic carbocycles. The maximum Gasteiger partial charge on any atom is 0.267 e. The maximum absolute atomic E-state index is 13.1. The average Bonchev–Trinajstić information content (AvgIpc) is 3.11. The lowest BCUT2D eigenvalue weighted by Crippen LogP contribution is -2.25. The van der Waals surface area contributed by atoms with E-state index in [2.05, 4.69) is 15.3 Å². The number of halogens is 1. The number of aromatic amines is 1. The molecule has 0 aliphatic heterocycles. The molecule has 0 bridgehead atoms. The van der Waals surface area contributed by atoms with Gasteiger partial charge in [-0.05, 0) is 30.7 Å². The fourth-order valence-corrected chi connectivity index (χ4v) is 2.20. The number of nitrogens with one attached hydrogen (secondary N) is 2. The predicted octanol–water partition coefficient (Wildman–Crippen LogP) is 2.32. The SMILES string of the molecule is O=C(NCCCn1ccnc1)c1cc2cc(F)ccc2[nH]1. The van der Waals surface area contributed by atoms with Crippen LogP contribution in [0.15, 0.2) is 43.0 Å². The molecule has 0 spiro atoms. The van der Waals surface area contributed by atoms with Crippen molar-refractivity contribution in [3.63, 3.8) is 0 Å². The standard InChI is InChI=1S/C15H15FN4O/c16-12-2-3-13-11(8-12)9-14(19-13)15(21)18-4-1-6-20-7-5-17-10-20/h2-3,5,7-10,19H,1,4,6H2,(H,18,21). The number of hydrogen-bond acceptors (Lipinski definition) is 2. The van der Waals surface area contributed by atoms with E-state index in [1.807, 2.05) is 10.8 Å². The van der Waals surface area contributed by atoms with Gasteiger partial charge in [0.15, 0.2) is 0 Å². The molecule has 0 saturated heterocycles. The van der Waals surface area contributed by atoms with Crippen LogP contribution in [0.25, 0.3) is 10.9 Å². The van der Waals surface area contributed by atoms with E-state index in [-0.39, 0.29) is 11.7 Å². The molecule has 0 aliphatic carbocycles. The lowest BCUT2D eigenvalue weighted by atomic mass is 10.2. The highest BCUT2D eigenvalue weighted by Gasteiger charge is 2.09. The zero-order chi connectivity index (χ0) is 14.7. The van der Waals surface area contributed by atoms with E-state index in [0.29, 0.717) is 17.6 Å². The fourth-order valence-electron chi connectivity index (χ4n) is 2.20. The van der Waals surface area contributed by atoms with Gasteiger partial charge in [0.2, 0.25) is 0 Å². The number of fused-ring (bicyclic) bond motifs is 1. The number of imidazole rings is 1. The fraction of sp³-hybridized carbons (Fsp3) is 0.200. The Hall–Kier alpha value is -2.63. The van der Waals surface area contributed by atoms with E-state index in [4.69, 9.17) is 0 Å². The number of rotatable bonds is 5. The van der Waals surface area contributed by atoms with Crippen LogP contribution in [0.2, 0.25) is 0 Å². The first-order valence-electron chi connectivity index (χ1n) is 6.74. The van der Waals surface area contributed by atoms with Crippen LogP contribution in [0.1, 0.15) is 16.9 Å². The summed E-state index contributed by atoms with van der Waals surface area (Å²) in [5, 5.41) is 3.53. The van der Waals surface area contributed by atoms with Gasteiger partial charge in [0.1, 0.15) is 11.5 Å². The Morgan fingerprint density at radius 3 is 3.10 bits per heavy atom. The monoisotopic (exact) mass is 286 g/mol. The number of aryl methyl sites for hydroxylation is 1. The molecule has 2 N–H and O–H groups in total. The minimum absolute atomic E-state index is 0.183. The summed E-state index contributed by atoms with van der Waals surface area (Å²) in [5.41, 5.74) is 1.19. The van der Waals surface area contributed by atoms with E-state index >= 15 is 0 Å². The molecule has 21 heavy (non-hydrogen) atoms. The third kappa shape index (κ3) is 3.10. The molecule has 6 heteroatoms. The predicted molar refractivity (Wildman–Crippen MR) is 77.4 cm³/mol. The summed E-state index contributed by atoms with van der Waals surface area (Å²) in [6.45, 7) is 1.37. The lowest BCUT2D eigenvalue weighted by Gasteiger charge is -2.04. The number of aromatic nitrogens is 3. The number of H-pyrrole nitrogens is 1. The Labute approximate surface area is 120 Å². The largest absolute Gasteiger partial charge is 0.351 e. The third-order valence-electron chi connectivity index (χ3n) is 3.27. The Morgan fingerprint density at radius 1 is 1.38 bits per heavy atom. The van der Waals surface area contributed by atoms with Gasteiger partial charge in [-0.1, -0.05) is 0 Å². The molecule has 0 atom stereocenters. The topological polar surface area (TPSA) is 62.7 Å². The van der Waals surface area contributed by atoms with Gasteiger partial charge in [0, 0.05) is 36.4 Å². The molecular formula is C15H15FN4O. The Morgan fingerprint density at radius 2 is 2.29 bits per heavy atom. The van der Waals surface area contributed by atoms with Crippen LogP contribution in [0, 0.1) is 5.82 Å². The van der Waals surface area contributed by atoms with Gasteiger partial charge in [-0.2, -0.15) is 0 Å². The van der Waals surface area contributed by atoms with Gasteiger partial charge in [-0.15, -0.1) is 0 Å². The first kappa shape index (κ1) is 13.4. The van der Waals surface area contributed by atoms with Crippen LogP contribution < -0.4 is 5.32 Å². The van der Waals surface area contributed by atoms with Crippen molar-refractivity contribution in [3.05, 3.63) is 54.5 Å². The average molecular weight is 286 g/mol. The molecule has 2 aromatic heterocycles. The summed E-state index contributed by atoms with van der Waals surface area (Å²) in [6, 6.07) is 6.05. The van der Waals surface area contributed by atoms with Crippen molar-refractivity contribution in [3.8, 4) is 0 Å². The van der Waals surface area contributed by atoms with Gasteiger partial charge in [-0.25, -0.2) is 9.37 Å². The highest BCUT2D eigenvalue weighted by molar-refractivity contribution is 5.97. The van der Waals surface area contributed by atoms with Crippen LogP contribution >= 0.6 is 0 Å². The summed E-state index contributed by atoms with van der Waals surface area (Å²) >= 11 is 0. The number of hydrogen-bond donors (Lipinski definition) is 2. The van der Waals surface area contributed by atoms with Crippen molar-refractivity contribution in [1.29, 1.82) is 0 Å². The molecule has 5 nitrogen and oxygen atoms in total. The molecule has 3 aromatic rings. The molecule has 2 heterocycles. The second kappa shape index (κ2) is 5.78. The summed E-state index contributed by atoms with van der Waals surface area (Å²) in [5.74, 6) is -0.494. The Kier molecular flexibility index (Phi) is 3.68. The van der Waals surface area contributed by atoms with Crippen molar-refractivity contribution in [2.24, 2.45) is 0 Å². The maximum atomic E-state index is 13.1. The molecular weight excluding hydrogens is 271 g/mol. The minimum Gasteiger partial charge on any atom is -0.351 e. The highest BCUT2D eigenvalue weighted by Crippen LogP contribution is 2.16. The van der Waals surface area contributed by atoms with Gasteiger partial charge < -0.3 is 14.9 Å². The number of benzene rings is 1. The van der Waals surface area contributed by atoms with E-state index < -0.39 is 0 Å². The first-order chi connectivity index (χ1) is 10.2. The van der Waals surface area contributed by atoms with Crippen molar-refractivity contribution < 1.29 is 9.18 Å². The molecule has 108 valence electrons. The number of amides is 1. The van der Waals surface area contributed by atoms with Crippen LogP contribution in [0.4, 0.5) is 4.39 Å². The second-order valence-electron chi connectivity index (χ2n) is 4.82. The summed E-state index contributed by atoms with van der Waals surface area (Å²) in [4.78, 5) is 18.9. The Bertz CT molecular complexity index is 748. The molecule has 3 rings (SSSR count). The molecule has 1 amide bonds. The summed E-state index contributed by atoms with van der Waals surface area (Å²) in [6.07, 6.45) is 6.17. The number of carbonyl (C=O) groups is 1. The Balaban J connectivity index is 1.56. The van der Waals surface area contributed by atoms with Crippen molar-refractivity contribution >= 4 is 16.8 Å². The van der Waals surface area contributed by atoms with E-state index in [1.54, 1.807) is 24.7 Å². The van der Waals surface area contributed by atoms with Crippen LogP contribution in [-0.2, 0) is 6.54 Å². The molecule has 0 saturated carbocycles. The summed E-state index contributed by atoms with van der Waals surface area (Å²) < 4.78 is 15.1. The van der Waals surface area contributed by atoms with Gasteiger partial charge in [-0.3, -0.25) is 4.79 Å². The second-order valence-corrected chi connectivity index (χ2v) is 4.82. The van der Waals surface area contributed by atoms with E-state index in [0.717, 1.165) is 18.5 Å². The van der Waals surface area contributed by atoms with Crippen LogP contribution in [0.5, 0.6) is 0 Å². The quantitative estimate of drug-likeness (QED) is 0.707. The van der Waals surface area contributed by atoms with Gasteiger partial charge in [0.05, 0.1) is 6.33 Å². The molecule has 0 fully saturated rings. The van der Waals surface area contributed by atoms with Gasteiger partial charge >= 0.3 is 0 Å². The smallest absolute Gasteiger partial charge is 0.267 e. The normalized spacial score (nSPS) is 10.9. The zero-order valence-corrected chi connectivity index (χ0v) is 11.3. The third-order valence-corrected chi connectivity index (χ3v) is 3.27. The number of carbonyl (C=O) groups excluding carboxylic acids is 1. The van der Waals surface area contributed by atoms with Crippen molar-refractivity contribution in [2.45, 2.75) is 13.0 Å². The van der Waals surface area contributed by atoms with E-state index in [1.165, 1.54) is 12.1 Å². The zero-order valence-electron chi connectivity index (χ0n) is 11.3. The first-order valence-corrected chi connectivity index (χ1v) is 6.74. The van der Waals surface area contributed by atoms with Crippen LogP contribution in [-0.4, -0.2) is 27.0 Å². The van der Waals surface area contributed by atoms with Crippen LogP contribution in [0.3, 0.4) is 0 Å². The molecule has 0 radical (unpaired) electrons. The van der Waals surface area contributed by atoms with Crippen molar-refractivity contribution in [1.82, 2.24) is 19.9 Å². The number of nitrogens with zero attached hydrogens (tertiary/aromatic N) is 2.